The maximum atomic E-state index is 14.0. The van der Waals surface area contributed by atoms with Gasteiger partial charge in [-0.1, -0.05) is 58.4 Å². The van der Waals surface area contributed by atoms with E-state index in [1.165, 1.54) is 34.8 Å². The Morgan fingerprint density at radius 2 is 1.76 bits per heavy atom. The number of aromatic amines is 1. The molecule has 178 valence electrons. The highest BCUT2D eigenvalue weighted by molar-refractivity contribution is 8.13. The minimum atomic E-state index is -0.327. The smallest absolute Gasteiger partial charge is 0.324 e. The molecule has 6 nitrogen and oxygen atoms in total. The Bertz CT molecular complexity index is 1310. The van der Waals surface area contributed by atoms with Crippen LogP contribution in [0.4, 0.5) is 20.2 Å². The van der Waals surface area contributed by atoms with Crippen molar-refractivity contribution < 1.29 is 37.4 Å². The normalized spacial score (nSPS) is 11.4. The number of amidine groups is 1. The first-order valence-electron chi connectivity index (χ1n) is 9.80. The quantitative estimate of drug-likeness (QED) is 0.148. The number of H-pyrrole nitrogens is 1. The van der Waals surface area contributed by atoms with E-state index >= 15 is 0 Å². The number of halogens is 5. The van der Waals surface area contributed by atoms with E-state index < -0.39 is 0 Å². The Hall–Kier alpha value is -2.15. The third kappa shape index (κ3) is 6.09. The van der Waals surface area contributed by atoms with Crippen molar-refractivity contribution in [3.8, 4) is 0 Å². The molecular formula is C22H19Cl2F2IN6S. The zero-order valence-electron chi connectivity index (χ0n) is 17.8. The van der Waals surface area contributed by atoms with E-state index in [4.69, 9.17) is 23.2 Å². The van der Waals surface area contributed by atoms with Crippen LogP contribution in [-0.2, 0) is 13.1 Å². The molecule has 0 unspecified atom stereocenters. The molecule has 2 N–H and O–H groups in total. The Morgan fingerprint density at radius 1 is 1.12 bits per heavy atom. The summed E-state index contributed by atoms with van der Waals surface area (Å²) in [6, 6.07) is 13.0. The molecule has 0 amide bonds. The largest absolute Gasteiger partial charge is 1.00 e. The van der Waals surface area contributed by atoms with Crippen molar-refractivity contribution in [2.75, 3.05) is 11.6 Å². The summed E-state index contributed by atoms with van der Waals surface area (Å²) in [6.07, 6.45) is 5.02. The van der Waals surface area contributed by atoms with Crippen LogP contribution in [0.3, 0.4) is 0 Å². The second-order valence-corrected chi connectivity index (χ2v) is 8.48. The average molecular weight is 635 g/mol. The summed E-state index contributed by atoms with van der Waals surface area (Å²) >= 11 is 14.3. The van der Waals surface area contributed by atoms with Gasteiger partial charge in [0.1, 0.15) is 17.3 Å². The fourth-order valence-electron chi connectivity index (χ4n) is 3.09. The molecule has 0 aliphatic heterocycles. The molecule has 0 fully saturated rings. The van der Waals surface area contributed by atoms with Gasteiger partial charge in [0.05, 0.1) is 24.5 Å². The molecule has 2 aromatic heterocycles. The molecule has 0 bridgehead atoms. The molecule has 4 aromatic rings. The predicted octanol–water partition coefficient (Wildman–Crippen LogP) is 2.65. The monoisotopic (exact) mass is 634 g/mol. The Kier molecular flexibility index (Phi) is 9.34. The summed E-state index contributed by atoms with van der Waals surface area (Å²) in [5.74, 6) is -0.634. The van der Waals surface area contributed by atoms with Crippen molar-refractivity contribution in [1.82, 2.24) is 14.9 Å². The molecule has 0 radical (unpaired) electrons. The molecule has 0 aliphatic rings. The van der Waals surface area contributed by atoms with Crippen LogP contribution in [-0.4, -0.2) is 26.3 Å². The summed E-state index contributed by atoms with van der Waals surface area (Å²) in [4.78, 5) is 4.52. The van der Waals surface area contributed by atoms with Crippen LogP contribution in [0.1, 0.15) is 11.1 Å². The van der Waals surface area contributed by atoms with Gasteiger partial charge in [0, 0.05) is 5.56 Å². The maximum Gasteiger partial charge on any atom is 0.324 e. The third-order valence-electron chi connectivity index (χ3n) is 4.80. The highest BCUT2D eigenvalue weighted by atomic mass is 127. The third-order valence-corrected chi connectivity index (χ3v) is 6.18. The van der Waals surface area contributed by atoms with E-state index in [1.807, 2.05) is 6.26 Å². The zero-order chi connectivity index (χ0) is 23.4. The molecule has 0 aliphatic carbocycles. The number of anilines is 1. The van der Waals surface area contributed by atoms with Crippen LogP contribution in [0.15, 0.2) is 65.9 Å². The Labute approximate surface area is 226 Å². The lowest BCUT2D eigenvalue weighted by Gasteiger charge is -2.06. The van der Waals surface area contributed by atoms with Gasteiger partial charge in [-0.25, -0.2) is 18.5 Å². The lowest BCUT2D eigenvalue weighted by molar-refractivity contribution is -0.740. The number of hydrogen-bond donors (Lipinski definition) is 2. The van der Waals surface area contributed by atoms with Crippen molar-refractivity contribution in [2.24, 2.45) is 4.99 Å². The summed E-state index contributed by atoms with van der Waals surface area (Å²) in [5, 5.41) is 11.5. The van der Waals surface area contributed by atoms with Crippen LogP contribution in [0.25, 0.3) is 0 Å². The minimum absolute atomic E-state index is 0. The number of benzene rings is 2. The number of aromatic nitrogens is 4. The van der Waals surface area contributed by atoms with Gasteiger partial charge in [-0.15, -0.1) is 0 Å². The van der Waals surface area contributed by atoms with E-state index in [9.17, 15) is 8.78 Å². The lowest BCUT2D eigenvalue weighted by atomic mass is 10.2. The molecule has 0 atom stereocenters. The molecule has 4 rings (SSSR count). The molecule has 2 aromatic carbocycles. The summed E-state index contributed by atoms with van der Waals surface area (Å²) in [7, 11) is 0. The number of rotatable bonds is 6. The first-order chi connectivity index (χ1) is 16.0. The van der Waals surface area contributed by atoms with Crippen molar-refractivity contribution in [3.05, 3.63) is 94.0 Å². The number of nitrogens with one attached hydrogen (secondary N) is 2. The van der Waals surface area contributed by atoms with Crippen LogP contribution in [0.2, 0.25) is 10.3 Å². The van der Waals surface area contributed by atoms with Crippen LogP contribution >= 0.6 is 35.0 Å². The zero-order valence-corrected chi connectivity index (χ0v) is 22.3. The lowest BCUT2D eigenvalue weighted by Crippen LogP contribution is -3.00. The van der Waals surface area contributed by atoms with Gasteiger partial charge >= 0.3 is 5.15 Å². The Morgan fingerprint density at radius 3 is 2.41 bits per heavy atom. The van der Waals surface area contributed by atoms with Gasteiger partial charge in [0.2, 0.25) is 6.54 Å². The van der Waals surface area contributed by atoms with Crippen molar-refractivity contribution in [2.45, 2.75) is 13.1 Å². The van der Waals surface area contributed by atoms with Crippen molar-refractivity contribution in [1.29, 1.82) is 0 Å². The topological polar surface area (TPSA) is 61.9 Å². The van der Waals surface area contributed by atoms with Gasteiger partial charge < -0.3 is 29.3 Å². The number of thioether (sulfide) groups is 1. The van der Waals surface area contributed by atoms with E-state index in [2.05, 4.69) is 20.5 Å². The van der Waals surface area contributed by atoms with Gasteiger partial charge in [0.25, 0.3) is 0 Å². The maximum absolute atomic E-state index is 14.0. The summed E-state index contributed by atoms with van der Waals surface area (Å²) in [5.41, 5.74) is 1.97. The number of hydrogen-bond acceptors (Lipinski definition) is 3. The van der Waals surface area contributed by atoms with E-state index in [1.54, 1.807) is 47.3 Å². The molecule has 2 heterocycles. The fraction of sp³-hybridized carbons (Fsp3) is 0.136. The highest BCUT2D eigenvalue weighted by Crippen LogP contribution is 2.27. The predicted molar refractivity (Wildman–Crippen MR) is 128 cm³/mol. The van der Waals surface area contributed by atoms with E-state index in [-0.39, 0.29) is 53.9 Å². The Balaban J connectivity index is 0.00000324. The second kappa shape index (κ2) is 12.0. The van der Waals surface area contributed by atoms with Crippen molar-refractivity contribution in [3.63, 3.8) is 0 Å². The minimum Gasteiger partial charge on any atom is -1.00 e. The molecule has 12 heteroatoms. The summed E-state index contributed by atoms with van der Waals surface area (Å²) < 4.78 is 31.0. The van der Waals surface area contributed by atoms with Crippen molar-refractivity contribution >= 4 is 51.5 Å². The van der Waals surface area contributed by atoms with Gasteiger partial charge in [-0.2, -0.15) is 10.2 Å². The molecule has 34 heavy (non-hydrogen) atoms. The van der Waals surface area contributed by atoms with E-state index in [0.29, 0.717) is 32.8 Å². The molecule has 0 saturated carbocycles. The van der Waals surface area contributed by atoms with E-state index in [0.717, 1.165) is 0 Å². The molecule has 0 spiro atoms. The van der Waals surface area contributed by atoms with Gasteiger partial charge in [0.15, 0.2) is 16.0 Å². The summed E-state index contributed by atoms with van der Waals surface area (Å²) in [6.45, 7) is 0.427. The van der Waals surface area contributed by atoms with Gasteiger partial charge in [-0.3, -0.25) is 0 Å². The van der Waals surface area contributed by atoms with Crippen LogP contribution < -0.4 is 34.0 Å². The van der Waals surface area contributed by atoms with Crippen LogP contribution in [0.5, 0.6) is 0 Å². The molecule has 0 saturated heterocycles. The SMILES string of the molecule is CSC(=Nc1cnn(Cc2ccccc2F)c1Cl)Nc1c[nH][n+](Cc2ccccc2F)c1Cl.[I-]. The average Bonchev–Trinajstić information content (AvgIpc) is 3.33. The highest BCUT2D eigenvalue weighted by Gasteiger charge is 2.20. The van der Waals surface area contributed by atoms with Gasteiger partial charge in [-0.05, 0) is 36.1 Å². The second-order valence-electron chi connectivity index (χ2n) is 6.97. The van der Waals surface area contributed by atoms with Crippen LogP contribution in [0, 0.1) is 11.6 Å². The number of aliphatic imine (C=N–C) groups is 1. The fourth-order valence-corrected chi connectivity index (χ4v) is 3.89. The first-order valence-corrected chi connectivity index (χ1v) is 11.8. The standard InChI is InChI=1S/C22H18Cl2F2N6S.HI/c1-33-22(29-18-10-27-31(20(18)23)12-14-6-2-4-8-16(14)25)30-19-11-28-32(21(19)24)13-15-7-3-5-9-17(15)26;/h2-11H,12-13H2,1H3,(H,29,30);1H. The first kappa shape index (κ1) is 26.5. The number of nitrogens with zero attached hydrogens (tertiary/aromatic N) is 4. The molecular weight excluding hydrogens is 616 g/mol.